The van der Waals surface area contributed by atoms with E-state index in [1.54, 1.807) is 0 Å². The summed E-state index contributed by atoms with van der Waals surface area (Å²) < 4.78 is 33.1. The Morgan fingerprint density at radius 2 is 0.632 bits per heavy atom. The van der Waals surface area contributed by atoms with Crippen molar-refractivity contribution in [1.82, 2.24) is 39.9 Å². The molecule has 12 nitrogen and oxygen atoms in total. The fourth-order valence-electron chi connectivity index (χ4n) is 10.8. The van der Waals surface area contributed by atoms with Gasteiger partial charge in [0.2, 0.25) is 0 Å². The summed E-state index contributed by atoms with van der Waals surface area (Å²) in [6, 6.07) is 77.0. The molecule has 0 saturated carbocycles. The average molecular weight is 1010 g/mol. The first-order valence-corrected chi connectivity index (χ1v) is 27.2. The zero-order chi connectivity index (χ0) is 50.7. The zero-order valence-corrected chi connectivity index (χ0v) is 41.3. The van der Waals surface area contributed by atoms with Gasteiger partial charge >= 0.3 is 0 Å². The van der Waals surface area contributed by atoms with Crippen LogP contribution in [0.3, 0.4) is 0 Å². The Bertz CT molecular complexity index is 4230. The maximum absolute atomic E-state index is 15.9. The predicted octanol–water partition coefficient (Wildman–Crippen LogP) is 15.4. The number of aromatic nitrogens is 8. The lowest BCUT2D eigenvalue weighted by Gasteiger charge is -2.82. The fraction of sp³-hybridized carbons (Fsp3) is 0. The van der Waals surface area contributed by atoms with E-state index in [9.17, 15) is 0 Å². The number of halogens is 1. The number of anilines is 4. The third kappa shape index (κ3) is 6.92. The summed E-state index contributed by atoms with van der Waals surface area (Å²) in [4.78, 5) is 40.7. The van der Waals surface area contributed by atoms with Gasteiger partial charge in [-0.2, -0.15) is 0 Å². The van der Waals surface area contributed by atoms with E-state index in [0.717, 1.165) is 55.8 Å². The van der Waals surface area contributed by atoms with Crippen molar-refractivity contribution in [1.29, 1.82) is 0 Å². The Morgan fingerprint density at radius 3 is 1.04 bits per heavy atom. The van der Waals surface area contributed by atoms with Crippen LogP contribution in [-0.2, 0) is 0 Å². The van der Waals surface area contributed by atoms with E-state index in [1.807, 2.05) is 218 Å². The van der Waals surface area contributed by atoms with E-state index in [4.69, 9.17) is 29.9 Å². The van der Waals surface area contributed by atoms with E-state index in [0.29, 0.717) is 66.4 Å². The maximum Gasteiger partial charge on any atom is 0.164 e. The van der Waals surface area contributed by atoms with E-state index >= 15 is 4.39 Å². The SMILES string of the molecule is Fc1ccc(S(Nc2ccccc2)(Nc2ccccc2)(Nc2ccccc2)(Nc2ccccc2)c2cccc3c4nc5nc(nc6[nH]c(nc7nc(nc([nH]4)c23)-c2ccccc2-7)c2ccccc62)-c2ccccc2-5)cc1. The molecule has 0 unspecified atom stereocenters. The molecule has 366 valence electrons. The minimum Gasteiger partial charge on any atom is -0.324 e. The van der Waals surface area contributed by atoms with Crippen LogP contribution in [0.25, 0.3) is 89.7 Å². The molecule has 0 radical (unpaired) electrons. The van der Waals surface area contributed by atoms with Crippen LogP contribution in [0.4, 0.5) is 27.1 Å². The Hall–Kier alpha value is -10.2. The summed E-state index contributed by atoms with van der Waals surface area (Å²) in [5, 5.41) is 3.13. The third-order valence-electron chi connectivity index (χ3n) is 14.1. The zero-order valence-electron chi connectivity index (χ0n) is 40.5. The van der Waals surface area contributed by atoms with Gasteiger partial charge in [0.05, 0.1) is 4.90 Å². The molecule has 5 heterocycles. The van der Waals surface area contributed by atoms with Gasteiger partial charge in [0.25, 0.3) is 0 Å². The van der Waals surface area contributed by atoms with Crippen molar-refractivity contribution < 1.29 is 4.39 Å². The van der Waals surface area contributed by atoms with Crippen LogP contribution in [0.5, 0.6) is 0 Å². The van der Waals surface area contributed by atoms with Gasteiger partial charge < -0.3 is 28.9 Å². The topological polar surface area (TPSA) is 157 Å². The van der Waals surface area contributed by atoms with Crippen LogP contribution >= 0.6 is 9.04 Å². The molecular formula is C62H45FN12S. The Kier molecular flexibility index (Phi) is 9.93. The molecule has 6 N–H and O–H groups in total. The highest BCUT2D eigenvalue weighted by atomic mass is 32.4. The molecule has 76 heavy (non-hydrogen) atoms. The number of fused-ring (bicyclic) bond motifs is 20. The number of hydrogen-bond donors (Lipinski definition) is 6. The largest absolute Gasteiger partial charge is 0.324 e. The van der Waals surface area contributed by atoms with E-state index in [2.05, 4.69) is 34.9 Å². The second kappa shape index (κ2) is 16.9. The Balaban J connectivity index is 1.24. The van der Waals surface area contributed by atoms with E-state index in [1.165, 1.54) is 12.1 Å². The maximum atomic E-state index is 15.9. The van der Waals surface area contributed by atoms with Gasteiger partial charge in [-0.25, -0.2) is 34.3 Å². The van der Waals surface area contributed by atoms with Gasteiger partial charge in [0.15, 0.2) is 23.3 Å². The van der Waals surface area contributed by atoms with Crippen LogP contribution in [-0.4, -0.2) is 39.9 Å². The molecule has 0 atom stereocenters. The van der Waals surface area contributed by atoms with Crippen LogP contribution in [0.1, 0.15) is 0 Å². The summed E-state index contributed by atoms with van der Waals surface area (Å²) in [5.74, 6) is 1.46. The lowest BCUT2D eigenvalue weighted by Crippen LogP contribution is -2.60. The van der Waals surface area contributed by atoms with Crippen LogP contribution in [0.2, 0.25) is 0 Å². The second-order valence-corrected chi connectivity index (χ2v) is 23.6. The minimum atomic E-state index is -5.62. The molecule has 12 aromatic rings. The average Bonchev–Trinajstić information content (AvgIpc) is 4.15. The number of H-pyrrole nitrogens is 2. The quantitative estimate of drug-likeness (QED) is 0.0779. The summed E-state index contributed by atoms with van der Waals surface area (Å²) in [7, 11) is -5.62. The van der Waals surface area contributed by atoms with Crippen molar-refractivity contribution in [2.45, 2.75) is 9.79 Å². The summed E-state index contributed by atoms with van der Waals surface area (Å²) >= 11 is 0. The molecule has 0 saturated heterocycles. The molecular weight excluding hydrogens is 964 g/mol. The Morgan fingerprint density at radius 1 is 0.303 bits per heavy atom. The number of para-hydroxylation sites is 4. The van der Waals surface area contributed by atoms with Crippen molar-refractivity contribution in [3.63, 3.8) is 0 Å². The first kappa shape index (κ1) is 44.5. The summed E-state index contributed by atoms with van der Waals surface area (Å²) in [5.41, 5.74) is 8.27. The van der Waals surface area contributed by atoms with Crippen molar-refractivity contribution in [2.24, 2.45) is 0 Å². The smallest absolute Gasteiger partial charge is 0.164 e. The second-order valence-electron chi connectivity index (χ2n) is 18.8. The fourth-order valence-corrected chi connectivity index (χ4v) is 17.1. The van der Waals surface area contributed by atoms with Gasteiger partial charge in [-0.05, 0) is 87.9 Å². The van der Waals surface area contributed by atoms with Gasteiger partial charge in [0, 0.05) is 71.4 Å². The molecule has 0 amide bonds. The lowest BCUT2D eigenvalue weighted by molar-refractivity contribution is 0.626. The number of aromatic amines is 2. The first-order chi connectivity index (χ1) is 37.4. The van der Waals surface area contributed by atoms with Gasteiger partial charge in [-0.15, -0.1) is 0 Å². The molecule has 2 aliphatic rings. The predicted molar refractivity (Wildman–Crippen MR) is 307 cm³/mol. The van der Waals surface area contributed by atoms with Crippen molar-refractivity contribution in [3.05, 3.63) is 242 Å². The highest BCUT2D eigenvalue weighted by molar-refractivity contribution is 8.68. The normalized spacial score (nSPS) is 12.8. The molecule has 2 aliphatic heterocycles. The van der Waals surface area contributed by atoms with Crippen molar-refractivity contribution >= 4 is 75.9 Å². The van der Waals surface area contributed by atoms with Gasteiger partial charge in [-0.1, -0.05) is 158 Å². The Labute approximate surface area is 434 Å². The first-order valence-electron chi connectivity index (χ1n) is 24.8. The monoisotopic (exact) mass is 1010 g/mol. The highest BCUT2D eigenvalue weighted by Gasteiger charge is 2.64. The van der Waals surface area contributed by atoms with E-state index < -0.39 is 14.9 Å². The van der Waals surface area contributed by atoms with E-state index in [-0.39, 0.29) is 0 Å². The molecule has 0 fully saturated rings. The summed E-state index contributed by atoms with van der Waals surface area (Å²) in [6.07, 6.45) is 0. The molecule has 3 aromatic heterocycles. The molecule has 0 aliphatic carbocycles. The van der Waals surface area contributed by atoms with Crippen molar-refractivity contribution in [2.75, 3.05) is 18.9 Å². The standard InChI is InChI=1S/C62H45FN12S/c63-40-36-38-45(39-37-40)76(72-41-20-5-1-6-21-41,73-42-22-7-2-8-23-42,74-43-24-9-3-10-25-43,75-44-26-11-4-12-27-44)53-35-19-34-52-54(53)62-70-60-51-33-18-17-32-50(51)58(68-60)66-56-47-29-14-13-28-46(47)55(64-56)65-57-48-30-15-16-31-49(48)59(67-57)69-61(52)71-62/h1-39,72-75H,(H2,64,65,66,67,68,69,70,71). The highest BCUT2D eigenvalue weighted by Crippen LogP contribution is 2.95. The van der Waals surface area contributed by atoms with Crippen LogP contribution in [0, 0.1) is 5.82 Å². The van der Waals surface area contributed by atoms with Gasteiger partial charge in [0.1, 0.15) is 28.4 Å². The van der Waals surface area contributed by atoms with Gasteiger partial charge in [-0.3, -0.25) is 0 Å². The lowest BCUT2D eigenvalue weighted by atomic mass is 10.1. The van der Waals surface area contributed by atoms with Crippen LogP contribution in [0.15, 0.2) is 246 Å². The van der Waals surface area contributed by atoms with Crippen molar-refractivity contribution in [3.8, 4) is 45.6 Å². The molecule has 8 bridgehead atoms. The molecule has 14 heteroatoms. The molecule has 9 aromatic carbocycles. The number of hydrogen-bond acceptors (Lipinski definition) is 10. The summed E-state index contributed by atoms with van der Waals surface area (Å²) in [6.45, 7) is 0. The van der Waals surface area contributed by atoms with Crippen LogP contribution < -0.4 is 18.9 Å². The molecule has 14 rings (SSSR count). The third-order valence-corrected chi connectivity index (χ3v) is 20.0. The minimum absolute atomic E-state index is 0.410. The number of nitrogens with zero attached hydrogens (tertiary/aromatic N) is 6. The number of benzene rings is 9. The molecule has 0 spiro atoms. The number of rotatable bonds is 10. The number of nitrogens with one attached hydrogen (secondary N) is 6.